The van der Waals surface area contributed by atoms with Gasteiger partial charge in [-0.05, 0) is 95.1 Å². The molecule has 0 amide bonds. The van der Waals surface area contributed by atoms with Crippen LogP contribution in [0.2, 0.25) is 0 Å². The lowest BCUT2D eigenvalue weighted by Crippen LogP contribution is -1.94. The molecule has 10 rings (SSSR count). The average molecular weight is 639 g/mol. The molecular weight excluding hydrogens is 609 g/mol. The van der Waals surface area contributed by atoms with Crippen LogP contribution in [0.25, 0.3) is 88.6 Å². The van der Waals surface area contributed by atoms with Gasteiger partial charge in [-0.25, -0.2) is 9.97 Å². The largest absolute Gasteiger partial charge is 0.309 e. The molecule has 0 spiro atoms. The Morgan fingerprint density at radius 3 is 1.40 bits per heavy atom. The summed E-state index contributed by atoms with van der Waals surface area (Å²) in [6.45, 7) is 0. The van der Waals surface area contributed by atoms with Gasteiger partial charge in [0.05, 0.1) is 22.1 Å². The fourth-order valence-corrected chi connectivity index (χ4v) is 7.53. The second-order valence-electron chi connectivity index (χ2n) is 12.7. The molecule has 0 aliphatic rings. The molecule has 0 saturated heterocycles. The Hall–Kier alpha value is -6.78. The summed E-state index contributed by atoms with van der Waals surface area (Å²) in [5.74, 6) is 0.731. The molecule has 4 nitrogen and oxygen atoms in total. The lowest BCUT2D eigenvalue weighted by molar-refractivity contribution is 1.17. The zero-order chi connectivity index (χ0) is 33.0. The van der Waals surface area contributed by atoms with Gasteiger partial charge in [-0.15, -0.1) is 0 Å². The Labute approximate surface area is 289 Å². The van der Waals surface area contributed by atoms with Crippen molar-refractivity contribution in [3.8, 4) is 45.0 Å². The van der Waals surface area contributed by atoms with Crippen LogP contribution < -0.4 is 0 Å². The minimum absolute atomic E-state index is 0.731. The third-order valence-corrected chi connectivity index (χ3v) is 9.84. The standard InChI is InChI=1S/C46H30N4/c1-2-12-36(13-3-1)49-42-16-6-4-14-38(42)40-29-33(20-24-44(40)49)34-21-25-45-41(30-34)39-15-5-7-17-43(39)50(45)37-22-18-31(19-23-37)32-10-8-11-35(28-32)46-47-26-9-27-48-46/h1-30H. The normalized spacial score (nSPS) is 11.6. The molecule has 0 aliphatic heterocycles. The van der Waals surface area contributed by atoms with Crippen LogP contribution in [-0.2, 0) is 0 Å². The molecule has 0 bridgehead atoms. The zero-order valence-electron chi connectivity index (χ0n) is 27.1. The van der Waals surface area contributed by atoms with Crippen molar-refractivity contribution in [1.82, 2.24) is 19.1 Å². The third kappa shape index (κ3) is 4.54. The van der Waals surface area contributed by atoms with Crippen molar-refractivity contribution in [2.45, 2.75) is 0 Å². The number of rotatable bonds is 5. The van der Waals surface area contributed by atoms with Gasteiger partial charge in [-0.2, -0.15) is 0 Å². The first-order valence-corrected chi connectivity index (χ1v) is 16.9. The highest BCUT2D eigenvalue weighted by Crippen LogP contribution is 2.38. The lowest BCUT2D eigenvalue weighted by Gasteiger charge is -2.11. The quantitative estimate of drug-likeness (QED) is 0.188. The van der Waals surface area contributed by atoms with Crippen LogP contribution in [0.3, 0.4) is 0 Å². The van der Waals surface area contributed by atoms with Gasteiger partial charge in [-0.3, -0.25) is 0 Å². The molecular formula is C46H30N4. The fourth-order valence-electron chi connectivity index (χ4n) is 7.53. The van der Waals surface area contributed by atoms with Crippen LogP contribution in [0.4, 0.5) is 0 Å². The van der Waals surface area contributed by atoms with Crippen molar-refractivity contribution in [1.29, 1.82) is 0 Å². The molecule has 0 unspecified atom stereocenters. The first-order chi connectivity index (χ1) is 24.8. The monoisotopic (exact) mass is 638 g/mol. The van der Waals surface area contributed by atoms with E-state index in [1.165, 1.54) is 60.4 Å². The van der Waals surface area contributed by atoms with Gasteiger partial charge >= 0.3 is 0 Å². The maximum Gasteiger partial charge on any atom is 0.159 e. The Morgan fingerprint density at radius 2 is 0.780 bits per heavy atom. The summed E-state index contributed by atoms with van der Waals surface area (Å²) < 4.78 is 4.74. The van der Waals surface area contributed by atoms with Crippen molar-refractivity contribution in [3.05, 3.63) is 182 Å². The van der Waals surface area contributed by atoms with Crippen molar-refractivity contribution in [3.63, 3.8) is 0 Å². The number of benzene rings is 7. The molecule has 0 radical (unpaired) electrons. The van der Waals surface area contributed by atoms with Gasteiger partial charge in [0.15, 0.2) is 5.82 Å². The van der Waals surface area contributed by atoms with Gasteiger partial charge in [0.2, 0.25) is 0 Å². The highest BCUT2D eigenvalue weighted by Gasteiger charge is 2.16. The van der Waals surface area contributed by atoms with Crippen molar-refractivity contribution in [2.24, 2.45) is 0 Å². The first-order valence-electron chi connectivity index (χ1n) is 16.9. The Balaban J connectivity index is 1.07. The summed E-state index contributed by atoms with van der Waals surface area (Å²) >= 11 is 0. The fraction of sp³-hybridized carbons (Fsp3) is 0. The van der Waals surface area contributed by atoms with Crippen LogP contribution in [0.5, 0.6) is 0 Å². The highest BCUT2D eigenvalue weighted by atomic mass is 15.0. The molecule has 0 saturated carbocycles. The number of hydrogen-bond acceptors (Lipinski definition) is 2. The van der Waals surface area contributed by atoms with Crippen LogP contribution in [0, 0.1) is 0 Å². The van der Waals surface area contributed by atoms with E-state index in [4.69, 9.17) is 0 Å². The second-order valence-corrected chi connectivity index (χ2v) is 12.7. The minimum atomic E-state index is 0.731. The molecule has 3 aromatic heterocycles. The molecule has 4 heteroatoms. The molecule has 0 fully saturated rings. The maximum absolute atomic E-state index is 4.44. The molecule has 0 atom stereocenters. The number of hydrogen-bond donors (Lipinski definition) is 0. The summed E-state index contributed by atoms with van der Waals surface area (Å²) in [7, 11) is 0. The SMILES string of the molecule is c1ccc(-n2c3ccccc3c3cc(-c4ccc5c(c4)c4ccccc4n5-c4ccc(-c5cccc(-c6ncccn6)c5)cc4)ccc32)cc1. The topological polar surface area (TPSA) is 35.6 Å². The van der Waals surface area contributed by atoms with E-state index in [9.17, 15) is 0 Å². The van der Waals surface area contributed by atoms with Gasteiger partial charge < -0.3 is 9.13 Å². The summed E-state index contributed by atoms with van der Waals surface area (Å²) in [6, 6.07) is 60.9. The maximum atomic E-state index is 4.44. The molecule has 234 valence electrons. The molecule has 3 heterocycles. The minimum Gasteiger partial charge on any atom is -0.309 e. The van der Waals surface area contributed by atoms with Gasteiger partial charge in [0.25, 0.3) is 0 Å². The summed E-state index contributed by atoms with van der Waals surface area (Å²) in [6.07, 6.45) is 3.56. The van der Waals surface area contributed by atoms with E-state index in [-0.39, 0.29) is 0 Å². The summed E-state index contributed by atoms with van der Waals surface area (Å²) in [5.41, 5.74) is 12.8. The van der Waals surface area contributed by atoms with Gasteiger partial charge in [0, 0.05) is 50.9 Å². The van der Waals surface area contributed by atoms with E-state index in [1.54, 1.807) is 12.4 Å². The third-order valence-electron chi connectivity index (χ3n) is 9.84. The van der Waals surface area contributed by atoms with E-state index in [2.05, 4.69) is 183 Å². The zero-order valence-corrected chi connectivity index (χ0v) is 27.1. The number of para-hydroxylation sites is 3. The van der Waals surface area contributed by atoms with E-state index >= 15 is 0 Å². The van der Waals surface area contributed by atoms with E-state index in [0.29, 0.717) is 0 Å². The van der Waals surface area contributed by atoms with E-state index in [0.717, 1.165) is 28.2 Å². The predicted octanol–water partition coefficient (Wildman–Crippen LogP) is 11.7. The molecule has 10 aromatic rings. The molecule has 50 heavy (non-hydrogen) atoms. The number of nitrogens with zero attached hydrogens (tertiary/aromatic N) is 4. The highest BCUT2D eigenvalue weighted by molar-refractivity contribution is 6.12. The molecule has 7 aromatic carbocycles. The van der Waals surface area contributed by atoms with Crippen LogP contribution in [-0.4, -0.2) is 19.1 Å². The van der Waals surface area contributed by atoms with Crippen molar-refractivity contribution in [2.75, 3.05) is 0 Å². The summed E-state index contributed by atoms with van der Waals surface area (Å²) in [4.78, 5) is 8.87. The predicted molar refractivity (Wildman–Crippen MR) is 207 cm³/mol. The first kappa shape index (κ1) is 28.3. The van der Waals surface area contributed by atoms with E-state index < -0.39 is 0 Å². The number of fused-ring (bicyclic) bond motifs is 6. The smallest absolute Gasteiger partial charge is 0.159 e. The molecule has 0 aliphatic carbocycles. The Bertz CT molecular complexity index is 2850. The van der Waals surface area contributed by atoms with Gasteiger partial charge in [0.1, 0.15) is 0 Å². The van der Waals surface area contributed by atoms with Crippen molar-refractivity contribution < 1.29 is 0 Å². The van der Waals surface area contributed by atoms with E-state index in [1.807, 2.05) is 6.07 Å². The Kier molecular flexibility index (Phi) is 6.46. The molecule has 0 N–H and O–H groups in total. The van der Waals surface area contributed by atoms with Crippen LogP contribution in [0.1, 0.15) is 0 Å². The van der Waals surface area contributed by atoms with Gasteiger partial charge in [-0.1, -0.05) is 97.1 Å². The Morgan fingerprint density at radius 1 is 0.300 bits per heavy atom. The van der Waals surface area contributed by atoms with Crippen LogP contribution >= 0.6 is 0 Å². The summed E-state index contributed by atoms with van der Waals surface area (Å²) in [5, 5.41) is 5.00. The lowest BCUT2D eigenvalue weighted by atomic mass is 10.0. The second kappa shape index (κ2) is 11.4. The van der Waals surface area contributed by atoms with Crippen LogP contribution in [0.15, 0.2) is 182 Å². The van der Waals surface area contributed by atoms with Crippen molar-refractivity contribution >= 4 is 43.6 Å². The number of aromatic nitrogens is 4. The average Bonchev–Trinajstić information content (AvgIpc) is 3.71.